The smallest absolute Gasteiger partial charge is 0.261 e. The second kappa shape index (κ2) is 6.75. The molecule has 24 heavy (non-hydrogen) atoms. The van der Waals surface area contributed by atoms with E-state index in [1.807, 2.05) is 41.5 Å². The van der Waals surface area contributed by atoms with Crippen LogP contribution in [0.25, 0.3) is 0 Å². The molecule has 1 aliphatic rings. The van der Waals surface area contributed by atoms with E-state index in [1.165, 1.54) is 4.90 Å². The summed E-state index contributed by atoms with van der Waals surface area (Å²) in [5.74, 6) is -0.498. The fourth-order valence-electron chi connectivity index (χ4n) is 3.17. The van der Waals surface area contributed by atoms with Crippen molar-refractivity contribution >= 4 is 17.7 Å². The number of hydrogen-bond acceptors (Lipinski definition) is 3. The summed E-state index contributed by atoms with van der Waals surface area (Å²) in [6.45, 7) is 12.2. The molecule has 1 heterocycles. The number of rotatable bonds is 5. The number of benzene rings is 1. The van der Waals surface area contributed by atoms with E-state index >= 15 is 0 Å². The molecule has 0 N–H and O–H groups in total. The molecular weight excluding hydrogens is 304 g/mol. The molecule has 0 saturated carbocycles. The van der Waals surface area contributed by atoms with Crippen LogP contribution in [-0.4, -0.2) is 46.1 Å². The van der Waals surface area contributed by atoms with Crippen LogP contribution in [0.15, 0.2) is 18.2 Å². The van der Waals surface area contributed by atoms with Gasteiger partial charge in [0.2, 0.25) is 0 Å². The van der Waals surface area contributed by atoms with Crippen LogP contribution in [0.2, 0.25) is 0 Å². The summed E-state index contributed by atoms with van der Waals surface area (Å²) in [5.41, 5.74) is 1.17. The van der Waals surface area contributed by atoms with Crippen LogP contribution in [0, 0.1) is 5.92 Å². The van der Waals surface area contributed by atoms with Gasteiger partial charge in [0.25, 0.3) is 17.7 Å². The summed E-state index contributed by atoms with van der Waals surface area (Å²) in [6.07, 6.45) is 0. The van der Waals surface area contributed by atoms with Gasteiger partial charge in [-0.15, -0.1) is 0 Å². The predicted octanol–water partition coefficient (Wildman–Crippen LogP) is 3.20. The van der Waals surface area contributed by atoms with Crippen molar-refractivity contribution in [3.8, 4) is 0 Å². The molecule has 0 aromatic heterocycles. The zero-order valence-corrected chi connectivity index (χ0v) is 15.3. The fourth-order valence-corrected chi connectivity index (χ4v) is 3.17. The molecular formula is C19H26N2O3. The molecule has 5 heteroatoms. The maximum atomic E-state index is 12.8. The maximum Gasteiger partial charge on any atom is 0.261 e. The molecule has 0 aliphatic carbocycles. The number of hydrogen-bond donors (Lipinski definition) is 0. The molecule has 5 nitrogen and oxygen atoms in total. The molecule has 0 unspecified atom stereocenters. The van der Waals surface area contributed by atoms with Crippen LogP contribution in [0.3, 0.4) is 0 Å². The summed E-state index contributed by atoms with van der Waals surface area (Å²) in [7, 11) is 0. The van der Waals surface area contributed by atoms with Crippen LogP contribution in [0.4, 0.5) is 0 Å². The molecule has 2 rings (SSSR count). The summed E-state index contributed by atoms with van der Waals surface area (Å²) in [4.78, 5) is 40.8. The molecule has 0 spiro atoms. The van der Waals surface area contributed by atoms with E-state index in [4.69, 9.17) is 0 Å². The van der Waals surface area contributed by atoms with Gasteiger partial charge in [-0.25, -0.2) is 0 Å². The van der Waals surface area contributed by atoms with Gasteiger partial charge in [-0.05, 0) is 51.8 Å². The van der Waals surface area contributed by atoms with Crippen molar-refractivity contribution in [2.45, 2.75) is 53.6 Å². The second-order valence-corrected chi connectivity index (χ2v) is 7.28. The van der Waals surface area contributed by atoms with Gasteiger partial charge >= 0.3 is 0 Å². The molecule has 0 saturated heterocycles. The van der Waals surface area contributed by atoms with Crippen molar-refractivity contribution in [1.82, 2.24) is 9.80 Å². The van der Waals surface area contributed by atoms with Crippen molar-refractivity contribution in [2.75, 3.05) is 6.54 Å². The van der Waals surface area contributed by atoms with E-state index in [2.05, 4.69) is 0 Å². The Morgan fingerprint density at radius 2 is 1.50 bits per heavy atom. The number of amides is 3. The normalized spacial score (nSPS) is 14.1. The first kappa shape index (κ1) is 18.2. The minimum Gasteiger partial charge on any atom is -0.334 e. The van der Waals surface area contributed by atoms with Gasteiger partial charge in [0.05, 0.1) is 11.1 Å². The van der Waals surface area contributed by atoms with Gasteiger partial charge in [0, 0.05) is 24.2 Å². The van der Waals surface area contributed by atoms with Crippen molar-refractivity contribution in [3.05, 3.63) is 34.9 Å². The Morgan fingerprint density at radius 3 is 2.00 bits per heavy atom. The monoisotopic (exact) mass is 330 g/mol. The highest BCUT2D eigenvalue weighted by atomic mass is 16.2. The summed E-state index contributed by atoms with van der Waals surface area (Å²) in [6, 6.07) is 4.92. The van der Waals surface area contributed by atoms with Gasteiger partial charge < -0.3 is 4.90 Å². The summed E-state index contributed by atoms with van der Waals surface area (Å²) < 4.78 is 0. The number of carbonyl (C=O) groups is 3. The third-order valence-electron chi connectivity index (χ3n) is 4.11. The third kappa shape index (κ3) is 3.21. The molecule has 0 bridgehead atoms. The van der Waals surface area contributed by atoms with E-state index in [0.717, 1.165) is 0 Å². The van der Waals surface area contributed by atoms with Crippen molar-refractivity contribution in [2.24, 2.45) is 5.92 Å². The highest BCUT2D eigenvalue weighted by Crippen LogP contribution is 2.26. The Kier molecular flexibility index (Phi) is 5.11. The van der Waals surface area contributed by atoms with E-state index < -0.39 is 0 Å². The molecule has 0 radical (unpaired) electrons. The van der Waals surface area contributed by atoms with Gasteiger partial charge in [-0.1, -0.05) is 13.8 Å². The molecule has 1 aliphatic heterocycles. The minimum atomic E-state index is -0.306. The fraction of sp³-hybridized carbons (Fsp3) is 0.526. The average Bonchev–Trinajstić information content (AvgIpc) is 2.70. The first-order valence-electron chi connectivity index (χ1n) is 8.48. The van der Waals surface area contributed by atoms with Crippen LogP contribution >= 0.6 is 0 Å². The molecule has 3 amide bonds. The van der Waals surface area contributed by atoms with E-state index in [1.54, 1.807) is 23.1 Å². The number of carbonyl (C=O) groups excluding carboxylic acids is 3. The SMILES string of the molecule is CC(C)CN1C(=O)c2ccc(C(=O)N(C(C)C)C(C)C)cc2C1=O. The molecule has 1 aromatic rings. The number of fused-ring (bicyclic) bond motifs is 1. The first-order chi connectivity index (χ1) is 11.1. The molecule has 0 atom stereocenters. The molecule has 0 fully saturated rings. The minimum absolute atomic E-state index is 0.0560. The quantitative estimate of drug-likeness (QED) is 0.779. The second-order valence-electron chi connectivity index (χ2n) is 7.28. The lowest BCUT2D eigenvalue weighted by molar-refractivity contribution is 0.0631. The zero-order chi connectivity index (χ0) is 18.2. The van der Waals surface area contributed by atoms with Gasteiger partial charge in [-0.3, -0.25) is 19.3 Å². The van der Waals surface area contributed by atoms with E-state index in [-0.39, 0.29) is 35.7 Å². The zero-order valence-electron chi connectivity index (χ0n) is 15.3. The lowest BCUT2D eigenvalue weighted by atomic mass is 10.0. The Bertz CT molecular complexity index is 669. The Morgan fingerprint density at radius 1 is 0.958 bits per heavy atom. The summed E-state index contributed by atoms with van der Waals surface area (Å²) in [5, 5.41) is 0. The molecule has 1 aromatic carbocycles. The Balaban J connectivity index is 2.37. The number of imide groups is 1. The Labute approximate surface area is 143 Å². The largest absolute Gasteiger partial charge is 0.334 e. The van der Waals surface area contributed by atoms with E-state index in [0.29, 0.717) is 23.2 Å². The van der Waals surface area contributed by atoms with E-state index in [9.17, 15) is 14.4 Å². The highest BCUT2D eigenvalue weighted by molar-refractivity contribution is 6.22. The third-order valence-corrected chi connectivity index (χ3v) is 4.11. The lowest BCUT2D eigenvalue weighted by Gasteiger charge is -2.31. The summed E-state index contributed by atoms with van der Waals surface area (Å²) >= 11 is 0. The van der Waals surface area contributed by atoms with Gasteiger partial charge in [0.1, 0.15) is 0 Å². The molecule has 130 valence electrons. The van der Waals surface area contributed by atoms with Crippen LogP contribution in [-0.2, 0) is 0 Å². The Hall–Kier alpha value is -2.17. The van der Waals surface area contributed by atoms with Crippen LogP contribution < -0.4 is 0 Å². The van der Waals surface area contributed by atoms with Gasteiger partial charge in [-0.2, -0.15) is 0 Å². The highest BCUT2D eigenvalue weighted by Gasteiger charge is 2.36. The standard InChI is InChI=1S/C19H26N2O3/c1-11(2)10-20-18(23)15-8-7-14(9-16(15)19(20)24)17(22)21(12(3)4)13(5)6/h7-9,11-13H,10H2,1-6H3. The first-order valence-corrected chi connectivity index (χ1v) is 8.48. The van der Waals surface area contributed by atoms with Crippen LogP contribution in [0.1, 0.15) is 72.6 Å². The predicted molar refractivity (Wildman–Crippen MR) is 93.1 cm³/mol. The maximum absolute atomic E-state index is 12.8. The average molecular weight is 330 g/mol. The number of nitrogens with zero attached hydrogens (tertiary/aromatic N) is 2. The van der Waals surface area contributed by atoms with Crippen molar-refractivity contribution in [1.29, 1.82) is 0 Å². The van der Waals surface area contributed by atoms with Crippen molar-refractivity contribution < 1.29 is 14.4 Å². The topological polar surface area (TPSA) is 57.7 Å². The lowest BCUT2D eigenvalue weighted by Crippen LogP contribution is -2.42. The van der Waals surface area contributed by atoms with Crippen molar-refractivity contribution in [3.63, 3.8) is 0 Å². The van der Waals surface area contributed by atoms with Crippen LogP contribution in [0.5, 0.6) is 0 Å². The van der Waals surface area contributed by atoms with Gasteiger partial charge in [0.15, 0.2) is 0 Å².